The number of hydrogen-bond donors (Lipinski definition) is 2. The Bertz CT molecular complexity index is 1030. The first kappa shape index (κ1) is 16.6. The third-order valence-corrected chi connectivity index (χ3v) is 4.87. The van der Waals surface area contributed by atoms with Gasteiger partial charge in [0.2, 0.25) is 5.91 Å². The zero-order valence-electron chi connectivity index (χ0n) is 15.4. The van der Waals surface area contributed by atoms with E-state index in [1.54, 1.807) is 16.8 Å². The van der Waals surface area contributed by atoms with Crippen LogP contribution >= 0.6 is 0 Å². The quantitative estimate of drug-likeness (QED) is 0.704. The van der Waals surface area contributed by atoms with E-state index in [-0.39, 0.29) is 23.0 Å². The van der Waals surface area contributed by atoms with Gasteiger partial charge in [-0.15, -0.1) is 0 Å². The molecule has 1 unspecified atom stereocenters. The predicted octanol–water partition coefficient (Wildman–Crippen LogP) is 3.45. The molecule has 0 aliphatic carbocycles. The standard InChI is InChI=1S/C20H22N4O2/c1-20(2,3)18-16-12(10-15(26)22-19(16)24(4)23-18)13-9-8-11-6-5-7-14(25)17(11)21-13/h5-9,12,25H,10H2,1-4H3,(H,22,26). The SMILES string of the molecule is Cn1nc(C(C)(C)C)c2c1NC(=O)CC2c1ccc2cccc(O)c2n1. The summed E-state index contributed by atoms with van der Waals surface area (Å²) in [7, 11) is 1.84. The molecular formula is C20H22N4O2. The molecule has 0 saturated heterocycles. The van der Waals surface area contributed by atoms with E-state index >= 15 is 0 Å². The summed E-state index contributed by atoms with van der Waals surface area (Å²) in [6, 6.07) is 9.22. The number of aromatic nitrogens is 3. The first-order valence-corrected chi connectivity index (χ1v) is 8.71. The molecule has 1 atom stereocenters. The number of nitrogens with zero attached hydrogens (tertiary/aromatic N) is 3. The number of hydrogen-bond acceptors (Lipinski definition) is 4. The normalized spacial score (nSPS) is 17.2. The summed E-state index contributed by atoms with van der Waals surface area (Å²) in [6.45, 7) is 6.34. The number of nitrogens with one attached hydrogen (secondary N) is 1. The first-order valence-electron chi connectivity index (χ1n) is 8.71. The van der Waals surface area contributed by atoms with Crippen LogP contribution in [0, 0.1) is 0 Å². The molecule has 2 aromatic heterocycles. The number of carbonyl (C=O) groups excluding carboxylic acids is 1. The van der Waals surface area contributed by atoms with Crippen molar-refractivity contribution in [3.05, 3.63) is 47.3 Å². The molecule has 0 fully saturated rings. The molecule has 26 heavy (non-hydrogen) atoms. The molecule has 4 rings (SSSR count). The van der Waals surface area contributed by atoms with E-state index in [1.165, 1.54) is 0 Å². The highest BCUT2D eigenvalue weighted by molar-refractivity contribution is 5.95. The maximum atomic E-state index is 12.3. The van der Waals surface area contributed by atoms with Gasteiger partial charge < -0.3 is 10.4 Å². The van der Waals surface area contributed by atoms with E-state index in [9.17, 15) is 9.90 Å². The fourth-order valence-electron chi connectivity index (χ4n) is 3.64. The summed E-state index contributed by atoms with van der Waals surface area (Å²) in [6.07, 6.45) is 0.313. The van der Waals surface area contributed by atoms with Crippen LogP contribution in [-0.4, -0.2) is 25.8 Å². The van der Waals surface area contributed by atoms with E-state index in [2.05, 4.69) is 31.2 Å². The number of fused-ring (bicyclic) bond motifs is 2. The highest BCUT2D eigenvalue weighted by atomic mass is 16.3. The summed E-state index contributed by atoms with van der Waals surface area (Å²) >= 11 is 0. The Morgan fingerprint density at radius 1 is 1.23 bits per heavy atom. The third-order valence-electron chi connectivity index (χ3n) is 4.87. The molecule has 1 aliphatic rings. The number of phenols is 1. The lowest BCUT2D eigenvalue weighted by molar-refractivity contribution is -0.116. The van der Waals surface area contributed by atoms with Crippen molar-refractivity contribution in [1.82, 2.24) is 14.8 Å². The van der Waals surface area contributed by atoms with Gasteiger partial charge in [0.05, 0.1) is 5.69 Å². The highest BCUT2D eigenvalue weighted by Crippen LogP contribution is 2.42. The molecule has 1 aliphatic heterocycles. The van der Waals surface area contributed by atoms with Crippen molar-refractivity contribution in [3.8, 4) is 5.75 Å². The summed E-state index contributed by atoms with van der Waals surface area (Å²) in [5, 5.41) is 18.7. The third kappa shape index (κ3) is 2.53. The lowest BCUT2D eigenvalue weighted by atomic mass is 9.81. The van der Waals surface area contributed by atoms with Gasteiger partial charge in [0, 0.05) is 41.4 Å². The van der Waals surface area contributed by atoms with Gasteiger partial charge in [-0.3, -0.25) is 9.48 Å². The van der Waals surface area contributed by atoms with Crippen LogP contribution < -0.4 is 5.32 Å². The molecule has 3 aromatic rings. The Balaban J connectivity index is 1.94. The van der Waals surface area contributed by atoms with Gasteiger partial charge in [-0.25, -0.2) is 4.98 Å². The Labute approximate surface area is 151 Å². The molecule has 6 nitrogen and oxygen atoms in total. The van der Waals surface area contributed by atoms with Crippen LogP contribution in [-0.2, 0) is 17.3 Å². The maximum Gasteiger partial charge on any atom is 0.226 e. The van der Waals surface area contributed by atoms with Gasteiger partial charge >= 0.3 is 0 Å². The predicted molar refractivity (Wildman–Crippen MR) is 100 cm³/mol. The summed E-state index contributed by atoms with van der Waals surface area (Å²) in [4.78, 5) is 17.0. The molecule has 6 heteroatoms. The molecule has 2 N–H and O–H groups in total. The van der Waals surface area contributed by atoms with Gasteiger partial charge in [-0.1, -0.05) is 39.0 Å². The van der Waals surface area contributed by atoms with Crippen LogP contribution in [0.4, 0.5) is 5.82 Å². The van der Waals surface area contributed by atoms with Crippen molar-refractivity contribution < 1.29 is 9.90 Å². The summed E-state index contributed by atoms with van der Waals surface area (Å²) in [5.74, 6) is 0.637. The molecule has 134 valence electrons. The number of benzene rings is 1. The molecular weight excluding hydrogens is 328 g/mol. The van der Waals surface area contributed by atoms with Crippen molar-refractivity contribution >= 4 is 22.6 Å². The molecule has 3 heterocycles. The van der Waals surface area contributed by atoms with Gasteiger partial charge in [0.15, 0.2) is 0 Å². The van der Waals surface area contributed by atoms with Gasteiger partial charge in [0.1, 0.15) is 17.1 Å². The Hall–Kier alpha value is -2.89. The first-order chi connectivity index (χ1) is 12.3. The Kier molecular flexibility index (Phi) is 3.54. The van der Waals surface area contributed by atoms with Crippen molar-refractivity contribution in [2.24, 2.45) is 7.05 Å². The molecule has 0 radical (unpaired) electrons. The number of phenolic OH excluding ortho intramolecular Hbond substituents is 1. The van der Waals surface area contributed by atoms with E-state index in [1.807, 2.05) is 25.2 Å². The zero-order valence-corrected chi connectivity index (χ0v) is 15.4. The fraction of sp³-hybridized carbons (Fsp3) is 0.350. The van der Waals surface area contributed by atoms with Gasteiger partial charge in [-0.2, -0.15) is 5.10 Å². The number of para-hydroxylation sites is 1. The average Bonchev–Trinajstić information content (AvgIpc) is 2.91. The van der Waals surface area contributed by atoms with Crippen molar-refractivity contribution in [1.29, 1.82) is 0 Å². The Morgan fingerprint density at radius 2 is 2.00 bits per heavy atom. The largest absolute Gasteiger partial charge is 0.506 e. The number of carbonyl (C=O) groups is 1. The maximum absolute atomic E-state index is 12.3. The topological polar surface area (TPSA) is 80.0 Å². The molecule has 0 bridgehead atoms. The number of aromatic hydroxyl groups is 1. The molecule has 1 amide bonds. The summed E-state index contributed by atoms with van der Waals surface area (Å²) in [5.41, 5.74) is 3.14. The minimum Gasteiger partial charge on any atom is -0.506 e. The average molecular weight is 350 g/mol. The minimum atomic E-state index is -0.189. The lowest BCUT2D eigenvalue weighted by Crippen LogP contribution is -2.26. The fourth-order valence-corrected chi connectivity index (χ4v) is 3.64. The lowest BCUT2D eigenvalue weighted by Gasteiger charge is -2.26. The van der Waals surface area contributed by atoms with Crippen LogP contribution in [0.25, 0.3) is 10.9 Å². The van der Waals surface area contributed by atoms with E-state index < -0.39 is 0 Å². The summed E-state index contributed by atoms with van der Waals surface area (Å²) < 4.78 is 1.73. The van der Waals surface area contributed by atoms with Crippen LogP contribution in [0.5, 0.6) is 5.75 Å². The smallest absolute Gasteiger partial charge is 0.226 e. The van der Waals surface area contributed by atoms with E-state index in [4.69, 9.17) is 4.98 Å². The second-order valence-electron chi connectivity index (χ2n) is 7.87. The van der Waals surface area contributed by atoms with Gasteiger partial charge in [0.25, 0.3) is 0 Å². The van der Waals surface area contributed by atoms with Crippen molar-refractivity contribution in [3.63, 3.8) is 0 Å². The van der Waals surface area contributed by atoms with Crippen molar-refractivity contribution in [2.75, 3.05) is 5.32 Å². The second-order valence-corrected chi connectivity index (χ2v) is 7.87. The highest BCUT2D eigenvalue weighted by Gasteiger charge is 2.37. The molecule has 1 aromatic carbocycles. The number of amides is 1. The molecule has 0 spiro atoms. The van der Waals surface area contributed by atoms with Crippen molar-refractivity contribution in [2.45, 2.75) is 38.5 Å². The van der Waals surface area contributed by atoms with Crippen LogP contribution in [0.3, 0.4) is 0 Å². The minimum absolute atomic E-state index is 0.0508. The Morgan fingerprint density at radius 3 is 2.73 bits per heavy atom. The monoisotopic (exact) mass is 350 g/mol. The van der Waals surface area contributed by atoms with Crippen LogP contribution in [0.2, 0.25) is 0 Å². The molecule has 0 saturated carbocycles. The number of rotatable bonds is 1. The zero-order chi connectivity index (χ0) is 18.6. The van der Waals surface area contributed by atoms with Crippen LogP contribution in [0.1, 0.15) is 50.1 Å². The number of aryl methyl sites for hydroxylation is 1. The van der Waals surface area contributed by atoms with Crippen LogP contribution in [0.15, 0.2) is 30.3 Å². The second kappa shape index (κ2) is 5.56. The number of anilines is 1. The van der Waals surface area contributed by atoms with E-state index in [0.717, 1.165) is 28.2 Å². The number of pyridine rings is 1. The van der Waals surface area contributed by atoms with Gasteiger partial charge in [-0.05, 0) is 12.1 Å². The van der Waals surface area contributed by atoms with E-state index in [0.29, 0.717) is 11.9 Å².